The molecule has 0 aliphatic heterocycles. The zero-order valence-electron chi connectivity index (χ0n) is 16.3. The van der Waals surface area contributed by atoms with Crippen LogP contribution in [0.25, 0.3) is 33.2 Å². The van der Waals surface area contributed by atoms with Crippen LogP contribution >= 0.6 is 0 Å². The number of halogens is 1. The van der Waals surface area contributed by atoms with Gasteiger partial charge in [-0.1, -0.05) is 18.2 Å². The fourth-order valence-electron chi connectivity index (χ4n) is 3.55. The molecule has 0 amide bonds. The Morgan fingerprint density at radius 1 is 1.03 bits per heavy atom. The van der Waals surface area contributed by atoms with E-state index in [1.54, 1.807) is 24.5 Å². The molecular formula is C22H18FN7O. The largest absolute Gasteiger partial charge is 0.396 e. The molecule has 0 fully saturated rings. The maximum atomic E-state index is 13.3. The van der Waals surface area contributed by atoms with Gasteiger partial charge in [-0.3, -0.25) is 5.10 Å². The number of aromatic nitrogens is 6. The van der Waals surface area contributed by atoms with Crippen molar-refractivity contribution in [2.45, 2.75) is 12.5 Å². The van der Waals surface area contributed by atoms with Crippen LogP contribution in [0.2, 0.25) is 0 Å². The number of hydrogen-bond acceptors (Lipinski definition) is 7. The van der Waals surface area contributed by atoms with Gasteiger partial charge in [0.2, 0.25) is 5.95 Å². The van der Waals surface area contributed by atoms with Crippen LogP contribution in [-0.2, 0) is 0 Å². The zero-order chi connectivity index (χ0) is 21.2. The smallest absolute Gasteiger partial charge is 0.223 e. The minimum Gasteiger partial charge on any atom is -0.396 e. The van der Waals surface area contributed by atoms with Gasteiger partial charge in [-0.05, 0) is 36.2 Å². The van der Waals surface area contributed by atoms with Crippen LogP contribution in [0, 0.1) is 5.82 Å². The molecule has 2 aromatic carbocycles. The Morgan fingerprint density at radius 2 is 1.90 bits per heavy atom. The van der Waals surface area contributed by atoms with Crippen molar-refractivity contribution >= 4 is 27.9 Å². The summed E-state index contributed by atoms with van der Waals surface area (Å²) in [5.41, 5.74) is 3.98. The van der Waals surface area contributed by atoms with Gasteiger partial charge in [-0.15, -0.1) is 0 Å². The number of aliphatic hydroxyl groups excluding tert-OH is 1. The van der Waals surface area contributed by atoms with E-state index in [1.807, 2.05) is 18.2 Å². The number of benzene rings is 2. The van der Waals surface area contributed by atoms with Crippen molar-refractivity contribution in [3.63, 3.8) is 0 Å². The molecule has 3 N–H and O–H groups in total. The lowest BCUT2D eigenvalue weighted by Gasteiger charge is -2.18. The number of aromatic amines is 1. The number of hydrogen-bond donors (Lipinski definition) is 3. The van der Waals surface area contributed by atoms with E-state index in [4.69, 9.17) is 0 Å². The Balaban J connectivity index is 1.45. The SMILES string of the molecule is OCCC(Nc1ncc2cc(-c3ncnc4[nH]ncc34)ccc2n1)c1ccc(F)cc1. The Labute approximate surface area is 176 Å². The Morgan fingerprint density at radius 3 is 2.74 bits per heavy atom. The number of anilines is 1. The first kappa shape index (κ1) is 19.0. The van der Waals surface area contributed by atoms with Crippen LogP contribution in [0.5, 0.6) is 0 Å². The molecule has 5 aromatic rings. The number of rotatable bonds is 6. The molecule has 0 saturated carbocycles. The second-order valence-corrected chi connectivity index (χ2v) is 7.08. The number of nitrogens with one attached hydrogen (secondary N) is 2. The van der Waals surface area contributed by atoms with Crippen LogP contribution in [-0.4, -0.2) is 41.8 Å². The van der Waals surface area contributed by atoms with Crippen LogP contribution in [0.4, 0.5) is 10.3 Å². The second kappa shape index (κ2) is 8.04. The molecule has 0 saturated heterocycles. The van der Waals surface area contributed by atoms with Gasteiger partial charge in [-0.2, -0.15) is 5.10 Å². The molecule has 3 aromatic heterocycles. The summed E-state index contributed by atoms with van der Waals surface area (Å²) in [5, 5.41) is 21.2. The molecule has 0 radical (unpaired) electrons. The topological polar surface area (TPSA) is 112 Å². The van der Waals surface area contributed by atoms with Gasteiger partial charge >= 0.3 is 0 Å². The van der Waals surface area contributed by atoms with E-state index in [0.717, 1.165) is 33.1 Å². The summed E-state index contributed by atoms with van der Waals surface area (Å²) in [6.07, 6.45) is 5.39. The Kier molecular flexibility index (Phi) is 4.93. The lowest BCUT2D eigenvalue weighted by Crippen LogP contribution is -2.14. The van der Waals surface area contributed by atoms with E-state index >= 15 is 0 Å². The van der Waals surface area contributed by atoms with Gasteiger partial charge in [-0.25, -0.2) is 24.3 Å². The molecular weight excluding hydrogens is 397 g/mol. The van der Waals surface area contributed by atoms with Gasteiger partial charge < -0.3 is 10.4 Å². The van der Waals surface area contributed by atoms with E-state index < -0.39 is 0 Å². The van der Waals surface area contributed by atoms with E-state index in [1.165, 1.54) is 18.5 Å². The van der Waals surface area contributed by atoms with Crippen LogP contribution in [0.1, 0.15) is 18.0 Å². The number of nitrogens with zero attached hydrogens (tertiary/aromatic N) is 5. The molecule has 3 heterocycles. The fourth-order valence-corrected chi connectivity index (χ4v) is 3.55. The third-order valence-electron chi connectivity index (χ3n) is 5.09. The van der Waals surface area contributed by atoms with Crippen molar-refractivity contribution in [2.24, 2.45) is 0 Å². The highest BCUT2D eigenvalue weighted by molar-refractivity contribution is 5.93. The fraction of sp³-hybridized carbons (Fsp3) is 0.136. The first-order valence-electron chi connectivity index (χ1n) is 9.75. The van der Waals surface area contributed by atoms with Crippen molar-refractivity contribution < 1.29 is 9.50 Å². The molecule has 0 aliphatic rings. The van der Waals surface area contributed by atoms with Gasteiger partial charge in [0.1, 0.15) is 12.1 Å². The van der Waals surface area contributed by atoms with Gasteiger partial charge in [0.15, 0.2) is 5.65 Å². The summed E-state index contributed by atoms with van der Waals surface area (Å²) in [6, 6.07) is 11.8. The highest BCUT2D eigenvalue weighted by Gasteiger charge is 2.14. The first-order chi connectivity index (χ1) is 15.2. The summed E-state index contributed by atoms with van der Waals surface area (Å²) in [6.45, 7) is -0.0204. The molecule has 0 bridgehead atoms. The third kappa shape index (κ3) is 3.78. The normalized spacial score (nSPS) is 12.3. The van der Waals surface area contributed by atoms with E-state index in [-0.39, 0.29) is 18.5 Å². The minimum absolute atomic E-state index is 0.0204. The predicted molar refractivity (Wildman–Crippen MR) is 115 cm³/mol. The van der Waals surface area contributed by atoms with E-state index in [2.05, 4.69) is 35.5 Å². The summed E-state index contributed by atoms with van der Waals surface area (Å²) < 4.78 is 13.3. The van der Waals surface area contributed by atoms with Crippen molar-refractivity contribution in [1.29, 1.82) is 0 Å². The summed E-state index contributed by atoms with van der Waals surface area (Å²) in [4.78, 5) is 17.6. The van der Waals surface area contributed by atoms with Gasteiger partial charge in [0, 0.05) is 23.8 Å². The molecule has 0 spiro atoms. The third-order valence-corrected chi connectivity index (χ3v) is 5.09. The molecule has 1 atom stereocenters. The molecule has 8 nitrogen and oxygen atoms in total. The van der Waals surface area contributed by atoms with Crippen molar-refractivity contribution in [2.75, 3.05) is 11.9 Å². The van der Waals surface area contributed by atoms with E-state index in [9.17, 15) is 9.50 Å². The van der Waals surface area contributed by atoms with Crippen molar-refractivity contribution in [3.8, 4) is 11.3 Å². The quantitative estimate of drug-likeness (QED) is 0.388. The summed E-state index contributed by atoms with van der Waals surface area (Å²) >= 11 is 0. The summed E-state index contributed by atoms with van der Waals surface area (Å²) in [7, 11) is 0. The summed E-state index contributed by atoms with van der Waals surface area (Å²) in [5.74, 6) is 0.128. The first-order valence-corrected chi connectivity index (χ1v) is 9.75. The Hall–Kier alpha value is -3.98. The molecule has 9 heteroatoms. The van der Waals surface area contributed by atoms with E-state index in [0.29, 0.717) is 18.0 Å². The van der Waals surface area contributed by atoms with Crippen LogP contribution in [0.3, 0.4) is 0 Å². The standard InChI is InChI=1S/C22H18FN7O/c23-16-4-1-13(2-5-16)19(7-8-31)29-22-24-10-15-9-14(3-6-18(15)28-22)20-17-11-27-30-21(17)26-12-25-20/h1-6,9-12,19,31H,7-8H2,(H,24,28,29)(H,25,26,27,30). The second-order valence-electron chi connectivity index (χ2n) is 7.08. The minimum atomic E-state index is -0.305. The number of aliphatic hydroxyl groups is 1. The number of fused-ring (bicyclic) bond motifs is 2. The molecule has 1 unspecified atom stereocenters. The van der Waals surface area contributed by atoms with Crippen LogP contribution in [0.15, 0.2) is 61.2 Å². The maximum absolute atomic E-state index is 13.3. The molecule has 154 valence electrons. The van der Waals surface area contributed by atoms with Crippen LogP contribution < -0.4 is 5.32 Å². The maximum Gasteiger partial charge on any atom is 0.223 e. The molecule has 0 aliphatic carbocycles. The predicted octanol–water partition coefficient (Wildman–Crippen LogP) is 3.64. The average molecular weight is 415 g/mol. The molecule has 5 rings (SSSR count). The lowest BCUT2D eigenvalue weighted by molar-refractivity contribution is 0.280. The monoisotopic (exact) mass is 415 g/mol. The highest BCUT2D eigenvalue weighted by Crippen LogP contribution is 2.28. The molecule has 31 heavy (non-hydrogen) atoms. The zero-order valence-corrected chi connectivity index (χ0v) is 16.3. The van der Waals surface area contributed by atoms with Gasteiger partial charge in [0.25, 0.3) is 0 Å². The highest BCUT2D eigenvalue weighted by atomic mass is 19.1. The lowest BCUT2D eigenvalue weighted by atomic mass is 10.0. The van der Waals surface area contributed by atoms with Gasteiger partial charge in [0.05, 0.1) is 28.8 Å². The Bertz CT molecular complexity index is 1350. The van der Waals surface area contributed by atoms with Crippen molar-refractivity contribution in [1.82, 2.24) is 30.1 Å². The van der Waals surface area contributed by atoms with Crippen molar-refractivity contribution in [3.05, 3.63) is 72.6 Å². The number of H-pyrrole nitrogens is 1. The average Bonchev–Trinajstić information content (AvgIpc) is 3.28.